The van der Waals surface area contributed by atoms with Crippen LogP contribution in [0.15, 0.2) is 30.3 Å². The third-order valence-electron chi connectivity index (χ3n) is 3.18. The van der Waals surface area contributed by atoms with E-state index in [1.165, 1.54) is 7.11 Å². The van der Waals surface area contributed by atoms with Crippen LogP contribution in [0.1, 0.15) is 21.6 Å². The van der Waals surface area contributed by atoms with Crippen molar-refractivity contribution in [2.75, 3.05) is 19.5 Å². The van der Waals surface area contributed by atoms with Crippen LogP contribution in [0.4, 0.5) is 5.82 Å². The van der Waals surface area contributed by atoms with Gasteiger partial charge < -0.3 is 14.8 Å². The van der Waals surface area contributed by atoms with Crippen LogP contribution < -0.4 is 10.1 Å². The summed E-state index contributed by atoms with van der Waals surface area (Å²) in [6.45, 7) is 2.33. The van der Waals surface area contributed by atoms with Gasteiger partial charge in [0.1, 0.15) is 11.6 Å². The maximum atomic E-state index is 11.5. The Kier molecular flexibility index (Phi) is 5.22. The van der Waals surface area contributed by atoms with Gasteiger partial charge in [0.15, 0.2) is 0 Å². The standard InChI is InChI=1S/C16H17ClN2O3/c1-10-12(16(20)22-3)5-7-15(19-10)18-9-11-4-6-14(21-2)13(17)8-11/h4-8H,9H2,1-3H3,(H,18,19). The first kappa shape index (κ1) is 16.1. The molecule has 0 aliphatic heterocycles. The molecule has 0 atom stereocenters. The van der Waals surface area contributed by atoms with Gasteiger partial charge in [-0.1, -0.05) is 17.7 Å². The lowest BCUT2D eigenvalue weighted by Gasteiger charge is -2.10. The number of ether oxygens (including phenoxy) is 2. The van der Waals surface area contributed by atoms with E-state index in [0.717, 1.165) is 5.56 Å². The Bertz CT molecular complexity index is 689. The van der Waals surface area contributed by atoms with Gasteiger partial charge >= 0.3 is 5.97 Å². The number of nitrogens with zero attached hydrogens (tertiary/aromatic N) is 1. The first-order valence-corrected chi connectivity index (χ1v) is 7.05. The van der Waals surface area contributed by atoms with E-state index in [2.05, 4.69) is 10.3 Å². The number of halogens is 1. The highest BCUT2D eigenvalue weighted by molar-refractivity contribution is 6.32. The van der Waals surface area contributed by atoms with Gasteiger partial charge in [0.25, 0.3) is 0 Å². The molecule has 0 amide bonds. The van der Waals surface area contributed by atoms with Crippen molar-refractivity contribution in [2.24, 2.45) is 0 Å². The van der Waals surface area contributed by atoms with Gasteiger partial charge in [-0.05, 0) is 36.8 Å². The Morgan fingerprint density at radius 3 is 2.64 bits per heavy atom. The molecule has 2 aromatic rings. The van der Waals surface area contributed by atoms with Crippen molar-refractivity contribution in [1.82, 2.24) is 4.98 Å². The molecule has 0 unspecified atom stereocenters. The van der Waals surface area contributed by atoms with Gasteiger partial charge in [-0.15, -0.1) is 0 Å². The van der Waals surface area contributed by atoms with Crippen LogP contribution in [0.2, 0.25) is 5.02 Å². The third kappa shape index (κ3) is 3.68. The average molecular weight is 321 g/mol. The van der Waals surface area contributed by atoms with Gasteiger partial charge in [-0.3, -0.25) is 0 Å². The summed E-state index contributed by atoms with van der Waals surface area (Å²) in [7, 11) is 2.93. The lowest BCUT2D eigenvalue weighted by molar-refractivity contribution is 0.0599. The molecule has 1 heterocycles. The smallest absolute Gasteiger partial charge is 0.339 e. The predicted octanol–water partition coefficient (Wildman–Crippen LogP) is 3.45. The molecular weight excluding hydrogens is 304 g/mol. The minimum Gasteiger partial charge on any atom is -0.495 e. The fourth-order valence-electron chi connectivity index (χ4n) is 2.00. The van der Waals surface area contributed by atoms with Crippen LogP contribution in [0, 0.1) is 6.92 Å². The number of esters is 1. The summed E-state index contributed by atoms with van der Waals surface area (Å²) in [5.74, 6) is 0.928. The second-order valence-corrected chi connectivity index (χ2v) is 5.05. The summed E-state index contributed by atoms with van der Waals surface area (Å²) in [6.07, 6.45) is 0. The third-order valence-corrected chi connectivity index (χ3v) is 3.48. The minimum absolute atomic E-state index is 0.390. The zero-order valence-corrected chi connectivity index (χ0v) is 13.4. The Labute approximate surface area is 134 Å². The molecule has 116 valence electrons. The van der Waals surface area contributed by atoms with E-state index in [1.54, 1.807) is 26.2 Å². The monoisotopic (exact) mass is 320 g/mol. The van der Waals surface area contributed by atoms with E-state index in [1.807, 2.05) is 18.2 Å². The van der Waals surface area contributed by atoms with Crippen molar-refractivity contribution in [3.8, 4) is 5.75 Å². The van der Waals surface area contributed by atoms with Crippen LogP contribution in [0.5, 0.6) is 5.75 Å². The van der Waals surface area contributed by atoms with Crippen LogP contribution in [0.3, 0.4) is 0 Å². The summed E-state index contributed by atoms with van der Waals surface area (Å²) in [6, 6.07) is 9.01. The molecule has 0 saturated carbocycles. The number of carbonyl (C=O) groups excluding carboxylic acids is 1. The second kappa shape index (κ2) is 7.13. The van der Waals surface area contributed by atoms with Crippen molar-refractivity contribution in [2.45, 2.75) is 13.5 Å². The van der Waals surface area contributed by atoms with Gasteiger partial charge in [-0.25, -0.2) is 9.78 Å². The number of nitrogens with one attached hydrogen (secondary N) is 1. The normalized spacial score (nSPS) is 10.2. The van der Waals surface area contributed by atoms with E-state index in [0.29, 0.717) is 34.4 Å². The largest absolute Gasteiger partial charge is 0.495 e. The molecule has 1 aromatic carbocycles. The Hall–Kier alpha value is -2.27. The Morgan fingerprint density at radius 1 is 1.27 bits per heavy atom. The number of benzene rings is 1. The summed E-state index contributed by atoms with van der Waals surface area (Å²) in [5, 5.41) is 3.75. The summed E-state index contributed by atoms with van der Waals surface area (Å²) >= 11 is 6.09. The van der Waals surface area contributed by atoms with E-state index in [-0.39, 0.29) is 0 Å². The van der Waals surface area contributed by atoms with Crippen LogP contribution in [-0.2, 0) is 11.3 Å². The SMILES string of the molecule is COC(=O)c1ccc(NCc2ccc(OC)c(Cl)c2)nc1C. The number of hydrogen-bond donors (Lipinski definition) is 1. The summed E-state index contributed by atoms with van der Waals surface area (Å²) in [5.41, 5.74) is 2.08. The first-order chi connectivity index (χ1) is 10.5. The Morgan fingerprint density at radius 2 is 2.05 bits per heavy atom. The number of rotatable bonds is 5. The van der Waals surface area contributed by atoms with E-state index in [9.17, 15) is 4.79 Å². The van der Waals surface area contributed by atoms with Gasteiger partial charge in [-0.2, -0.15) is 0 Å². The number of pyridine rings is 1. The van der Waals surface area contributed by atoms with Crippen LogP contribution in [-0.4, -0.2) is 25.2 Å². The fourth-order valence-corrected chi connectivity index (χ4v) is 2.28. The van der Waals surface area contributed by atoms with Crippen LogP contribution >= 0.6 is 11.6 Å². The fraction of sp³-hybridized carbons (Fsp3) is 0.250. The molecular formula is C16H17ClN2O3. The van der Waals surface area contributed by atoms with Crippen LogP contribution in [0.25, 0.3) is 0 Å². The highest BCUT2D eigenvalue weighted by atomic mass is 35.5. The van der Waals surface area contributed by atoms with E-state index < -0.39 is 5.97 Å². The van der Waals surface area contributed by atoms with E-state index >= 15 is 0 Å². The lowest BCUT2D eigenvalue weighted by Crippen LogP contribution is -2.08. The van der Waals surface area contributed by atoms with Gasteiger partial charge in [0.2, 0.25) is 0 Å². The van der Waals surface area contributed by atoms with Crippen molar-refractivity contribution in [3.05, 3.63) is 52.2 Å². The topological polar surface area (TPSA) is 60.5 Å². The number of methoxy groups -OCH3 is 2. The van der Waals surface area contributed by atoms with Crippen molar-refractivity contribution < 1.29 is 14.3 Å². The molecule has 1 N–H and O–H groups in total. The maximum Gasteiger partial charge on any atom is 0.339 e. The highest BCUT2D eigenvalue weighted by Crippen LogP contribution is 2.25. The summed E-state index contributed by atoms with van der Waals surface area (Å²) in [4.78, 5) is 15.9. The Balaban J connectivity index is 2.07. The van der Waals surface area contributed by atoms with Gasteiger partial charge in [0.05, 0.1) is 30.5 Å². The molecule has 0 saturated heterocycles. The van der Waals surface area contributed by atoms with Gasteiger partial charge in [0, 0.05) is 6.54 Å². The molecule has 0 radical (unpaired) electrons. The molecule has 0 spiro atoms. The highest BCUT2D eigenvalue weighted by Gasteiger charge is 2.10. The second-order valence-electron chi connectivity index (χ2n) is 4.64. The maximum absolute atomic E-state index is 11.5. The zero-order valence-electron chi connectivity index (χ0n) is 12.6. The molecule has 2 rings (SSSR count). The van der Waals surface area contributed by atoms with Crippen molar-refractivity contribution >= 4 is 23.4 Å². The molecule has 22 heavy (non-hydrogen) atoms. The lowest BCUT2D eigenvalue weighted by atomic mass is 10.2. The molecule has 0 aliphatic rings. The number of anilines is 1. The predicted molar refractivity (Wildman–Crippen MR) is 85.6 cm³/mol. The van der Waals surface area contributed by atoms with Crippen molar-refractivity contribution in [1.29, 1.82) is 0 Å². The number of aryl methyl sites for hydroxylation is 1. The van der Waals surface area contributed by atoms with Crippen molar-refractivity contribution in [3.63, 3.8) is 0 Å². The number of hydrogen-bond acceptors (Lipinski definition) is 5. The number of carbonyl (C=O) groups is 1. The molecule has 0 bridgehead atoms. The average Bonchev–Trinajstić information content (AvgIpc) is 2.52. The molecule has 0 fully saturated rings. The number of aromatic nitrogens is 1. The first-order valence-electron chi connectivity index (χ1n) is 6.67. The quantitative estimate of drug-likeness (QED) is 0.855. The molecule has 1 aromatic heterocycles. The van der Waals surface area contributed by atoms with E-state index in [4.69, 9.17) is 21.1 Å². The molecule has 6 heteroatoms. The summed E-state index contributed by atoms with van der Waals surface area (Å²) < 4.78 is 9.81. The molecule has 5 nitrogen and oxygen atoms in total. The molecule has 0 aliphatic carbocycles. The zero-order chi connectivity index (χ0) is 16.1. The minimum atomic E-state index is -0.390.